The lowest BCUT2D eigenvalue weighted by Crippen LogP contribution is -2.26. The van der Waals surface area contributed by atoms with E-state index in [9.17, 15) is 0 Å². The van der Waals surface area contributed by atoms with Crippen LogP contribution in [0.15, 0.2) is 60.7 Å². The van der Waals surface area contributed by atoms with Crippen LogP contribution in [0.2, 0.25) is 0 Å². The van der Waals surface area contributed by atoms with E-state index in [0.29, 0.717) is 11.8 Å². The minimum atomic E-state index is 0.660. The monoisotopic (exact) mass is 967 g/mol. The Hall–Kier alpha value is -2.12. The van der Waals surface area contributed by atoms with Gasteiger partial charge in [-0.2, -0.15) is 0 Å². The summed E-state index contributed by atoms with van der Waals surface area (Å²) in [4.78, 5) is 0. The fourth-order valence-electron chi connectivity index (χ4n) is 16.8. The van der Waals surface area contributed by atoms with Crippen LogP contribution in [0.3, 0.4) is 0 Å². The second-order valence-corrected chi connectivity index (χ2v) is 25.9. The van der Waals surface area contributed by atoms with Crippen LogP contribution in [0, 0.1) is 59.2 Å². The van der Waals surface area contributed by atoms with Crippen molar-refractivity contribution in [3.63, 3.8) is 0 Å². The molecule has 1 nitrogen and oxygen atoms in total. The Labute approximate surface area is 439 Å². The van der Waals surface area contributed by atoms with Crippen LogP contribution in [0.25, 0.3) is 11.1 Å². The van der Waals surface area contributed by atoms with Crippen molar-refractivity contribution in [1.82, 2.24) is 0 Å². The highest BCUT2D eigenvalue weighted by Crippen LogP contribution is 2.48. The standard InChI is InChI=1S/C70H110O/c1-5-9-11-15-55-21-29-59(30-22-55)63-37-45-67(46-38-63)69(65-41-33-61(34-42-65)57-25-17-53(13-7-3)18-26-57)49-51-71-52-50-70(66-43-35-62(36-44-66)58-27-19-54(14-8-4)20-28-58)68-47-39-64(40-48-68)60-31-23-56(24-32-60)16-12-10-6-2/h37-40,45-50,53-62,65-66H,5-36,41-44,51-52H2,1-4H3/t53-,54-,55-,56-,57-,58-,59-,60-,61-,62-,65-,66-. The Morgan fingerprint density at radius 2 is 0.662 bits per heavy atom. The minimum Gasteiger partial charge on any atom is -0.373 e. The third kappa shape index (κ3) is 16.4. The summed E-state index contributed by atoms with van der Waals surface area (Å²) in [5.41, 5.74) is 9.35. The zero-order valence-corrected chi connectivity index (χ0v) is 47.0. The Bertz CT molecular complexity index is 1650. The van der Waals surface area contributed by atoms with E-state index in [-0.39, 0.29) is 0 Å². The molecule has 0 N–H and O–H groups in total. The van der Waals surface area contributed by atoms with Crippen molar-refractivity contribution in [2.45, 2.75) is 271 Å². The van der Waals surface area contributed by atoms with Gasteiger partial charge in [0, 0.05) is 0 Å². The second-order valence-electron chi connectivity index (χ2n) is 25.9. The van der Waals surface area contributed by atoms with E-state index in [2.05, 4.69) is 88.4 Å². The van der Waals surface area contributed by atoms with Crippen molar-refractivity contribution >= 4 is 11.1 Å². The van der Waals surface area contributed by atoms with E-state index < -0.39 is 0 Å². The molecule has 396 valence electrons. The maximum atomic E-state index is 6.79. The number of benzene rings is 2. The Morgan fingerprint density at radius 3 is 0.986 bits per heavy atom. The molecule has 0 heterocycles. The molecule has 71 heavy (non-hydrogen) atoms. The average molecular weight is 968 g/mol. The van der Waals surface area contributed by atoms with Gasteiger partial charge in [-0.1, -0.05) is 191 Å². The fourth-order valence-corrected chi connectivity index (χ4v) is 16.8. The van der Waals surface area contributed by atoms with Gasteiger partial charge in [0.15, 0.2) is 0 Å². The molecule has 2 aromatic rings. The summed E-state index contributed by atoms with van der Waals surface area (Å²) in [5.74, 6) is 10.7. The first kappa shape index (κ1) is 55.1. The van der Waals surface area contributed by atoms with Gasteiger partial charge in [0.1, 0.15) is 0 Å². The third-order valence-electron chi connectivity index (χ3n) is 21.3. The van der Waals surface area contributed by atoms with Gasteiger partial charge in [0.25, 0.3) is 0 Å². The van der Waals surface area contributed by atoms with Crippen LogP contribution in [0.4, 0.5) is 0 Å². The largest absolute Gasteiger partial charge is 0.373 e. The molecule has 8 rings (SSSR count). The first-order chi connectivity index (χ1) is 35.0. The van der Waals surface area contributed by atoms with Gasteiger partial charge in [-0.25, -0.2) is 0 Å². The van der Waals surface area contributed by atoms with Gasteiger partial charge in [0.05, 0.1) is 13.2 Å². The van der Waals surface area contributed by atoms with Gasteiger partial charge < -0.3 is 4.74 Å². The summed E-state index contributed by atoms with van der Waals surface area (Å²) < 4.78 is 6.79. The minimum absolute atomic E-state index is 0.660. The van der Waals surface area contributed by atoms with Gasteiger partial charge >= 0.3 is 0 Å². The van der Waals surface area contributed by atoms with Crippen molar-refractivity contribution in [3.8, 4) is 0 Å². The van der Waals surface area contributed by atoms with Crippen molar-refractivity contribution in [1.29, 1.82) is 0 Å². The van der Waals surface area contributed by atoms with Gasteiger partial charge in [-0.3, -0.25) is 0 Å². The molecule has 6 fully saturated rings. The third-order valence-corrected chi connectivity index (χ3v) is 21.3. The van der Waals surface area contributed by atoms with Crippen molar-refractivity contribution in [3.05, 3.63) is 82.9 Å². The first-order valence-corrected chi connectivity index (χ1v) is 32.2. The molecule has 6 saturated carbocycles. The van der Waals surface area contributed by atoms with E-state index in [1.54, 1.807) is 22.3 Å². The van der Waals surface area contributed by atoms with Gasteiger partial charge in [0.2, 0.25) is 0 Å². The molecule has 0 atom stereocenters. The second kappa shape index (κ2) is 29.8. The summed E-state index contributed by atoms with van der Waals surface area (Å²) in [6.45, 7) is 10.9. The fraction of sp³-hybridized carbons (Fsp3) is 0.771. The maximum absolute atomic E-state index is 6.79. The van der Waals surface area contributed by atoms with Crippen molar-refractivity contribution in [2.75, 3.05) is 13.2 Å². The molecule has 0 spiro atoms. The predicted molar refractivity (Wildman–Crippen MR) is 309 cm³/mol. The van der Waals surface area contributed by atoms with Crippen LogP contribution in [0.5, 0.6) is 0 Å². The van der Waals surface area contributed by atoms with Crippen LogP contribution in [0.1, 0.15) is 293 Å². The Balaban J connectivity index is 0.928. The number of hydrogen-bond donors (Lipinski definition) is 0. The highest BCUT2D eigenvalue weighted by molar-refractivity contribution is 5.69. The molecule has 2 aromatic carbocycles. The molecule has 0 aromatic heterocycles. The lowest BCUT2D eigenvalue weighted by molar-refractivity contribution is 0.153. The topological polar surface area (TPSA) is 9.23 Å². The summed E-state index contributed by atoms with van der Waals surface area (Å²) in [7, 11) is 0. The van der Waals surface area contributed by atoms with E-state index >= 15 is 0 Å². The molecule has 0 saturated heterocycles. The van der Waals surface area contributed by atoms with Gasteiger partial charge in [-0.15, -0.1) is 0 Å². The van der Waals surface area contributed by atoms with E-state index in [1.807, 2.05) is 0 Å². The number of unbranched alkanes of at least 4 members (excludes halogenated alkanes) is 4. The van der Waals surface area contributed by atoms with E-state index in [4.69, 9.17) is 4.74 Å². The zero-order valence-electron chi connectivity index (χ0n) is 47.0. The number of ether oxygens (including phenoxy) is 1. The molecule has 0 radical (unpaired) electrons. The normalized spacial score (nSPS) is 32.5. The maximum Gasteiger partial charge on any atom is 0.0657 e. The van der Waals surface area contributed by atoms with Crippen LogP contribution < -0.4 is 0 Å². The predicted octanol–water partition coefficient (Wildman–Crippen LogP) is 21.7. The number of rotatable bonds is 24. The molecule has 6 aliphatic rings. The summed E-state index contributed by atoms with van der Waals surface area (Å²) in [6.07, 6.45) is 56.5. The Morgan fingerprint density at radius 1 is 0.352 bits per heavy atom. The molecular weight excluding hydrogens is 857 g/mol. The number of allylic oxidation sites excluding steroid dienone is 2. The van der Waals surface area contributed by atoms with Crippen molar-refractivity contribution in [2.24, 2.45) is 59.2 Å². The first-order valence-electron chi connectivity index (χ1n) is 32.2. The molecule has 0 bridgehead atoms. The lowest BCUT2D eigenvalue weighted by Gasteiger charge is -2.38. The molecule has 0 unspecified atom stereocenters. The smallest absolute Gasteiger partial charge is 0.0657 e. The summed E-state index contributed by atoms with van der Waals surface area (Å²) in [6, 6.07) is 20.3. The molecule has 6 aliphatic carbocycles. The zero-order chi connectivity index (χ0) is 49.0. The highest BCUT2D eigenvalue weighted by Gasteiger charge is 2.34. The summed E-state index contributed by atoms with van der Waals surface area (Å²) >= 11 is 0. The summed E-state index contributed by atoms with van der Waals surface area (Å²) in [5, 5.41) is 0. The van der Waals surface area contributed by atoms with Gasteiger partial charge in [-0.05, 0) is 233 Å². The van der Waals surface area contributed by atoms with Crippen LogP contribution in [-0.4, -0.2) is 13.2 Å². The molecule has 1 heteroatoms. The molecule has 0 aliphatic heterocycles. The SMILES string of the molecule is CCCCC[C@H]1CC[C@H](c2ccc(C(=CCOCC=C(c3ccc([C@H]4CC[C@H](CCCCC)CC4)cc3)[C@H]3CC[C@H]([C@H]4CC[C@H](CCC)CC4)CC3)[C@H]3CC[C@H]([C@H]4CC[C@H](CCC)CC4)CC3)cc2)CC1. The molecular formula is C70H110O. The quantitative estimate of drug-likeness (QED) is 0.0953. The molecule has 0 amide bonds. The van der Waals surface area contributed by atoms with Crippen LogP contribution in [-0.2, 0) is 4.74 Å². The Kier molecular flexibility index (Phi) is 23.2. The average Bonchev–Trinajstić information content (AvgIpc) is 3.42. The number of hydrogen-bond acceptors (Lipinski definition) is 1. The van der Waals surface area contributed by atoms with Crippen LogP contribution >= 0.6 is 0 Å². The van der Waals surface area contributed by atoms with E-state index in [0.717, 1.165) is 72.4 Å². The highest BCUT2D eigenvalue weighted by atomic mass is 16.5. The van der Waals surface area contributed by atoms with E-state index in [1.165, 1.54) is 242 Å². The van der Waals surface area contributed by atoms with Crippen molar-refractivity contribution < 1.29 is 4.74 Å². The lowest BCUT2D eigenvalue weighted by atomic mass is 9.67.